The molecule has 1 saturated carbocycles. The summed E-state index contributed by atoms with van der Waals surface area (Å²) in [5.74, 6) is 0. The van der Waals surface area contributed by atoms with Gasteiger partial charge in [-0.15, -0.1) is 0 Å². The summed E-state index contributed by atoms with van der Waals surface area (Å²) >= 11 is 0. The maximum Gasteiger partial charge on any atom is 0.0693 e. The number of aromatic nitrogens is 1. The first-order chi connectivity index (χ1) is 7.27. The fraction of sp³-hybridized carbons (Fsp3) is 0.583. The first-order valence-electron chi connectivity index (χ1n) is 5.58. The number of aliphatic hydroxyl groups is 1. The Labute approximate surface area is 90.5 Å². The summed E-state index contributed by atoms with van der Waals surface area (Å²) in [6, 6.07) is 2.31. The molecule has 1 aromatic rings. The molecule has 0 bridgehead atoms. The molecule has 0 aromatic carbocycles. The van der Waals surface area contributed by atoms with Gasteiger partial charge >= 0.3 is 0 Å². The predicted octanol–water partition coefficient (Wildman–Crippen LogP) is 1.39. The van der Waals surface area contributed by atoms with Crippen LogP contribution in [0, 0.1) is 6.92 Å². The van der Waals surface area contributed by atoms with Crippen LogP contribution in [-0.4, -0.2) is 22.2 Å². The molecule has 2 rings (SSSR count). The molecule has 2 atom stereocenters. The third-order valence-electron chi connectivity index (χ3n) is 3.17. The Kier molecular flexibility index (Phi) is 3.34. The molecule has 0 aliphatic heterocycles. The zero-order valence-electron chi connectivity index (χ0n) is 9.11. The van der Waals surface area contributed by atoms with Crippen molar-refractivity contribution in [2.45, 2.75) is 44.9 Å². The lowest BCUT2D eigenvalue weighted by Gasteiger charge is -2.17. The van der Waals surface area contributed by atoms with Crippen LogP contribution < -0.4 is 5.32 Å². The number of aryl methyl sites for hydroxylation is 1. The fourth-order valence-electron chi connectivity index (χ4n) is 2.12. The Morgan fingerprint density at radius 3 is 3.07 bits per heavy atom. The first-order valence-corrected chi connectivity index (χ1v) is 5.58. The van der Waals surface area contributed by atoms with Gasteiger partial charge in [0.2, 0.25) is 0 Å². The van der Waals surface area contributed by atoms with Gasteiger partial charge in [-0.1, -0.05) is 0 Å². The van der Waals surface area contributed by atoms with Crippen LogP contribution in [0.3, 0.4) is 0 Å². The van der Waals surface area contributed by atoms with Gasteiger partial charge in [-0.2, -0.15) is 0 Å². The van der Waals surface area contributed by atoms with E-state index in [2.05, 4.69) is 17.2 Å². The fourth-order valence-corrected chi connectivity index (χ4v) is 2.12. The molecular weight excluding hydrogens is 188 g/mol. The van der Waals surface area contributed by atoms with Crippen LogP contribution >= 0.6 is 0 Å². The number of hydrogen-bond acceptors (Lipinski definition) is 3. The highest BCUT2D eigenvalue weighted by molar-refractivity contribution is 5.21. The Hall–Kier alpha value is -0.930. The van der Waals surface area contributed by atoms with E-state index in [9.17, 15) is 5.11 Å². The van der Waals surface area contributed by atoms with E-state index >= 15 is 0 Å². The Morgan fingerprint density at radius 2 is 2.40 bits per heavy atom. The molecule has 0 radical (unpaired) electrons. The first kappa shape index (κ1) is 10.6. The van der Waals surface area contributed by atoms with Crippen LogP contribution in [0.4, 0.5) is 0 Å². The lowest BCUT2D eigenvalue weighted by atomic mass is 10.1. The number of rotatable bonds is 3. The van der Waals surface area contributed by atoms with E-state index in [4.69, 9.17) is 0 Å². The summed E-state index contributed by atoms with van der Waals surface area (Å²) < 4.78 is 0. The molecule has 3 nitrogen and oxygen atoms in total. The Balaban J connectivity index is 1.90. The van der Waals surface area contributed by atoms with E-state index in [0.717, 1.165) is 25.8 Å². The average molecular weight is 206 g/mol. The second-order valence-electron chi connectivity index (χ2n) is 4.29. The Morgan fingerprint density at radius 1 is 1.53 bits per heavy atom. The maximum absolute atomic E-state index is 9.66. The van der Waals surface area contributed by atoms with Crippen LogP contribution in [0.15, 0.2) is 18.5 Å². The van der Waals surface area contributed by atoms with Gasteiger partial charge in [0.05, 0.1) is 6.10 Å². The summed E-state index contributed by atoms with van der Waals surface area (Å²) in [7, 11) is 0. The molecule has 3 heteroatoms. The Bertz CT molecular complexity index is 327. The summed E-state index contributed by atoms with van der Waals surface area (Å²) in [6.45, 7) is 2.89. The number of nitrogens with one attached hydrogen (secondary N) is 1. The van der Waals surface area contributed by atoms with Gasteiger partial charge in [0.25, 0.3) is 0 Å². The third kappa shape index (κ3) is 2.55. The van der Waals surface area contributed by atoms with Crippen LogP contribution in [-0.2, 0) is 6.54 Å². The average Bonchev–Trinajstić information content (AvgIpc) is 2.63. The van der Waals surface area contributed by atoms with E-state index in [1.165, 1.54) is 11.1 Å². The zero-order valence-corrected chi connectivity index (χ0v) is 9.11. The highest BCUT2D eigenvalue weighted by Gasteiger charge is 2.24. The molecule has 1 fully saturated rings. The highest BCUT2D eigenvalue weighted by atomic mass is 16.3. The molecule has 82 valence electrons. The SMILES string of the molecule is Cc1cnccc1CN[C@@H]1CCC[C@H]1O. The van der Waals surface area contributed by atoms with Gasteiger partial charge in [-0.25, -0.2) is 0 Å². The van der Waals surface area contributed by atoms with E-state index < -0.39 is 0 Å². The van der Waals surface area contributed by atoms with Crippen LogP contribution in [0.2, 0.25) is 0 Å². The molecule has 0 amide bonds. The minimum Gasteiger partial charge on any atom is -0.392 e. The van der Waals surface area contributed by atoms with Gasteiger partial charge in [-0.3, -0.25) is 4.98 Å². The number of nitrogens with zero attached hydrogens (tertiary/aromatic N) is 1. The molecule has 1 aliphatic carbocycles. The monoisotopic (exact) mass is 206 g/mol. The molecule has 0 spiro atoms. The summed E-state index contributed by atoms with van der Waals surface area (Å²) in [5.41, 5.74) is 2.47. The number of hydrogen-bond donors (Lipinski definition) is 2. The van der Waals surface area contributed by atoms with E-state index in [0.29, 0.717) is 0 Å². The number of aliphatic hydroxyl groups excluding tert-OH is 1. The van der Waals surface area contributed by atoms with Gasteiger partial charge in [0, 0.05) is 25.0 Å². The van der Waals surface area contributed by atoms with Crippen LogP contribution in [0.25, 0.3) is 0 Å². The van der Waals surface area contributed by atoms with Crippen LogP contribution in [0.5, 0.6) is 0 Å². The maximum atomic E-state index is 9.66. The molecule has 1 heterocycles. The zero-order chi connectivity index (χ0) is 10.7. The minimum absolute atomic E-state index is 0.160. The molecule has 0 saturated heterocycles. The van der Waals surface area contributed by atoms with E-state index in [1.807, 2.05) is 18.5 Å². The van der Waals surface area contributed by atoms with Crippen molar-refractivity contribution in [2.75, 3.05) is 0 Å². The van der Waals surface area contributed by atoms with Gasteiger partial charge in [-0.05, 0) is 43.4 Å². The van der Waals surface area contributed by atoms with Gasteiger partial charge in [0.1, 0.15) is 0 Å². The second-order valence-corrected chi connectivity index (χ2v) is 4.29. The summed E-state index contributed by atoms with van der Waals surface area (Å²) in [6.07, 6.45) is 6.69. The smallest absolute Gasteiger partial charge is 0.0693 e. The van der Waals surface area contributed by atoms with Crippen molar-refractivity contribution in [2.24, 2.45) is 0 Å². The normalized spacial score (nSPS) is 25.7. The highest BCUT2D eigenvalue weighted by Crippen LogP contribution is 2.19. The van der Waals surface area contributed by atoms with Crippen molar-refractivity contribution in [1.82, 2.24) is 10.3 Å². The predicted molar refractivity (Wildman–Crippen MR) is 59.5 cm³/mol. The molecule has 1 aliphatic rings. The lowest BCUT2D eigenvalue weighted by molar-refractivity contribution is 0.148. The molecule has 0 unspecified atom stereocenters. The van der Waals surface area contributed by atoms with Crippen molar-refractivity contribution in [3.63, 3.8) is 0 Å². The van der Waals surface area contributed by atoms with E-state index in [-0.39, 0.29) is 12.1 Å². The van der Waals surface area contributed by atoms with Crippen molar-refractivity contribution < 1.29 is 5.11 Å². The lowest BCUT2D eigenvalue weighted by Crippen LogP contribution is -2.35. The largest absolute Gasteiger partial charge is 0.392 e. The summed E-state index contributed by atoms with van der Waals surface area (Å²) in [5, 5.41) is 13.1. The summed E-state index contributed by atoms with van der Waals surface area (Å²) in [4.78, 5) is 4.06. The number of pyridine rings is 1. The molecule has 1 aromatic heterocycles. The molecule has 15 heavy (non-hydrogen) atoms. The quantitative estimate of drug-likeness (QED) is 0.785. The minimum atomic E-state index is -0.160. The molecule has 2 N–H and O–H groups in total. The standard InChI is InChI=1S/C12H18N2O/c1-9-7-13-6-5-10(9)8-14-11-3-2-4-12(11)15/h5-7,11-12,14-15H,2-4,8H2,1H3/t11-,12-/m1/s1. The van der Waals surface area contributed by atoms with Crippen molar-refractivity contribution >= 4 is 0 Å². The van der Waals surface area contributed by atoms with Crippen molar-refractivity contribution in [1.29, 1.82) is 0 Å². The third-order valence-corrected chi connectivity index (χ3v) is 3.17. The topological polar surface area (TPSA) is 45.2 Å². The molecular formula is C12H18N2O. The van der Waals surface area contributed by atoms with Crippen LogP contribution in [0.1, 0.15) is 30.4 Å². The van der Waals surface area contributed by atoms with Gasteiger partial charge < -0.3 is 10.4 Å². The van der Waals surface area contributed by atoms with Gasteiger partial charge in [0.15, 0.2) is 0 Å². The van der Waals surface area contributed by atoms with Crippen molar-refractivity contribution in [3.8, 4) is 0 Å². The second kappa shape index (κ2) is 4.73. The van der Waals surface area contributed by atoms with Crippen molar-refractivity contribution in [3.05, 3.63) is 29.6 Å². The van der Waals surface area contributed by atoms with E-state index in [1.54, 1.807) is 0 Å².